The number of phenolic OH excluding ortho intramolecular Hbond substituents is 3. The molecular formula is C45H54N4O13. The molecule has 3 aromatic rings. The molecule has 62 heavy (non-hydrogen) atoms. The highest BCUT2D eigenvalue weighted by atomic mass is 16.7. The second-order valence-electron chi connectivity index (χ2n) is 15.9. The summed E-state index contributed by atoms with van der Waals surface area (Å²) in [7, 11) is 1.41. The summed E-state index contributed by atoms with van der Waals surface area (Å²) in [6.07, 6.45) is 4.11. The van der Waals surface area contributed by atoms with E-state index in [1.165, 1.54) is 77.3 Å². The van der Waals surface area contributed by atoms with E-state index >= 15 is 0 Å². The average molecular weight is 859 g/mol. The van der Waals surface area contributed by atoms with Gasteiger partial charge in [0.2, 0.25) is 0 Å². The molecule has 5 bridgehead atoms. The van der Waals surface area contributed by atoms with E-state index in [0.29, 0.717) is 5.69 Å². The van der Waals surface area contributed by atoms with Crippen molar-refractivity contribution in [3.8, 4) is 23.0 Å². The van der Waals surface area contributed by atoms with Crippen LogP contribution >= 0.6 is 0 Å². The number of esters is 1. The third kappa shape index (κ3) is 9.10. The smallest absolute Gasteiger partial charge is 0.312 e. The van der Waals surface area contributed by atoms with Crippen molar-refractivity contribution >= 4 is 51.9 Å². The molecular weight excluding hydrogens is 805 g/mol. The fraction of sp³-hybridized carbons (Fsp3) is 0.400. The predicted octanol–water partition coefficient (Wildman–Crippen LogP) is 5.10. The lowest BCUT2D eigenvalue weighted by atomic mass is 9.78. The topological polar surface area (TPSA) is 269 Å². The molecule has 0 saturated carbocycles. The van der Waals surface area contributed by atoms with Gasteiger partial charge in [-0.3, -0.25) is 19.2 Å². The van der Waals surface area contributed by atoms with Gasteiger partial charge in [-0.1, -0.05) is 45.9 Å². The number of carbonyl (C=O) groups excluding carboxylic acids is 4. The number of ether oxygens (including phenoxy) is 4. The molecule has 3 aliphatic heterocycles. The van der Waals surface area contributed by atoms with Crippen LogP contribution in [0.15, 0.2) is 65.5 Å². The lowest BCUT2D eigenvalue weighted by Gasteiger charge is -2.38. The summed E-state index contributed by atoms with van der Waals surface area (Å²) in [5, 5.41) is 64.0. The Hall–Kier alpha value is -6.43. The number of aromatic hydroxyl groups is 3. The summed E-state index contributed by atoms with van der Waals surface area (Å²) in [6, 6.07) is 5.93. The summed E-state index contributed by atoms with van der Waals surface area (Å²) in [6.45, 7) is 12.2. The van der Waals surface area contributed by atoms with Crippen LogP contribution in [0.1, 0.15) is 80.3 Å². The summed E-state index contributed by atoms with van der Waals surface area (Å²) in [5.41, 5.74) is 7.63. The third-order valence-electron chi connectivity index (χ3n) is 11.6. The first kappa shape index (κ1) is 46.6. The SMILES string of the molecule is COC1/C=C/OC2(C)Oc3c(C)c(O)c4c(O)c(c(/C=N/NC(=O)c5ccc(N)cc5)c(O)c4c3C2=O)NC(=O)/C(C)=C\C=C\C(C)C(O)C(C)C(O)C(C)C(OC(C)=O)C1C. The van der Waals surface area contributed by atoms with Crippen molar-refractivity contribution in [1.82, 2.24) is 5.43 Å². The minimum Gasteiger partial charge on any atom is -0.507 e. The number of ketones is 1. The third-order valence-corrected chi connectivity index (χ3v) is 11.6. The van der Waals surface area contributed by atoms with Gasteiger partial charge < -0.3 is 55.5 Å². The lowest BCUT2D eigenvalue weighted by Crippen LogP contribution is -2.46. The van der Waals surface area contributed by atoms with Crippen molar-refractivity contribution in [2.75, 3.05) is 18.2 Å². The van der Waals surface area contributed by atoms with Crippen molar-refractivity contribution in [2.45, 2.75) is 85.6 Å². The number of amides is 2. The second-order valence-corrected chi connectivity index (χ2v) is 15.9. The highest BCUT2D eigenvalue weighted by molar-refractivity contribution is 6.24. The molecule has 0 aliphatic carbocycles. The number of nitrogens with zero attached hydrogens (tertiary/aromatic N) is 1. The highest BCUT2D eigenvalue weighted by Crippen LogP contribution is 2.55. The number of phenols is 3. The number of nitrogen functional groups attached to an aromatic ring is 1. The van der Waals surface area contributed by atoms with Crippen LogP contribution in [0.25, 0.3) is 10.8 Å². The lowest BCUT2D eigenvalue weighted by molar-refractivity contribution is -0.160. The van der Waals surface area contributed by atoms with E-state index < -0.39 is 106 Å². The average Bonchev–Trinajstić information content (AvgIpc) is 3.50. The fourth-order valence-electron chi connectivity index (χ4n) is 7.73. The number of aliphatic hydroxyl groups is 2. The minimum absolute atomic E-state index is 0.0151. The molecule has 9 N–H and O–H groups in total. The van der Waals surface area contributed by atoms with E-state index in [1.807, 2.05) is 0 Å². The molecule has 17 nitrogen and oxygen atoms in total. The summed E-state index contributed by atoms with van der Waals surface area (Å²) in [5.74, 6) is -9.93. The maximum absolute atomic E-state index is 14.4. The van der Waals surface area contributed by atoms with Crippen molar-refractivity contribution in [1.29, 1.82) is 0 Å². The van der Waals surface area contributed by atoms with Gasteiger partial charge in [0, 0.05) is 72.4 Å². The number of allylic oxidation sites excluding steroid dienone is 2. The van der Waals surface area contributed by atoms with Gasteiger partial charge in [0.25, 0.3) is 17.6 Å². The Kier molecular flexibility index (Phi) is 14.0. The van der Waals surface area contributed by atoms with Crippen LogP contribution in [-0.4, -0.2) is 92.6 Å². The Bertz CT molecular complexity index is 2370. The van der Waals surface area contributed by atoms with E-state index in [4.69, 9.17) is 24.7 Å². The number of anilines is 2. The first-order valence-corrected chi connectivity index (χ1v) is 19.9. The number of rotatable bonds is 5. The number of fused-ring (bicyclic) bond motifs is 14. The quantitative estimate of drug-likeness (QED) is 0.0415. The number of hydrogen-bond acceptors (Lipinski definition) is 15. The van der Waals surface area contributed by atoms with Gasteiger partial charge >= 0.3 is 11.8 Å². The van der Waals surface area contributed by atoms with Gasteiger partial charge in [0.05, 0.1) is 53.0 Å². The van der Waals surface area contributed by atoms with Crippen molar-refractivity contribution in [3.05, 3.63) is 82.7 Å². The van der Waals surface area contributed by atoms with Crippen LogP contribution in [0, 0.1) is 30.6 Å². The minimum atomic E-state index is -2.12. The molecule has 6 rings (SSSR count). The van der Waals surface area contributed by atoms with Crippen LogP contribution in [-0.2, 0) is 23.8 Å². The van der Waals surface area contributed by atoms with Gasteiger partial charge in [-0.05, 0) is 44.2 Å². The van der Waals surface area contributed by atoms with E-state index in [1.54, 1.807) is 33.8 Å². The second kappa shape index (κ2) is 18.7. The summed E-state index contributed by atoms with van der Waals surface area (Å²) < 4.78 is 23.5. The number of hydrazone groups is 1. The zero-order valence-electron chi connectivity index (χ0n) is 35.9. The molecule has 332 valence electrons. The van der Waals surface area contributed by atoms with Crippen molar-refractivity contribution < 1.29 is 63.7 Å². The molecule has 3 aromatic carbocycles. The van der Waals surface area contributed by atoms with Gasteiger partial charge in [-0.15, -0.1) is 0 Å². The highest BCUT2D eigenvalue weighted by Gasteiger charge is 2.50. The zero-order chi connectivity index (χ0) is 46.0. The molecule has 0 saturated heterocycles. The Labute approximate surface area is 358 Å². The standard InChI is InChI=1S/C45H54N4O13/c1-20-11-10-12-21(2)43(57)48-34-29(19-47-49-44(58)27-13-15-28(46)16-14-27)38(54)31-32(39(34)55)37(53)25(6)41-33(31)42(56)45(8,62-41)60-18-17-30(59-9)22(3)40(61-26(7)50)24(5)36(52)23(4)35(20)51/h10-20,22-24,30,35-36,40,51-55H,46H2,1-9H3,(H,48,57)(H,49,58)/b11-10+,18-17+,21-12-,47-19+. The number of hydrogen-bond donors (Lipinski definition) is 8. The fourth-order valence-corrected chi connectivity index (χ4v) is 7.73. The molecule has 17 heteroatoms. The van der Waals surface area contributed by atoms with E-state index in [0.717, 1.165) is 12.5 Å². The van der Waals surface area contributed by atoms with Crippen LogP contribution in [0.4, 0.5) is 11.4 Å². The van der Waals surface area contributed by atoms with E-state index in [-0.39, 0.29) is 39.0 Å². The van der Waals surface area contributed by atoms with Gasteiger partial charge in [0.15, 0.2) is 5.75 Å². The Balaban J connectivity index is 1.70. The maximum Gasteiger partial charge on any atom is 0.312 e. The monoisotopic (exact) mass is 858 g/mol. The maximum atomic E-state index is 14.4. The molecule has 2 amide bonds. The summed E-state index contributed by atoms with van der Waals surface area (Å²) >= 11 is 0. The van der Waals surface area contributed by atoms with Gasteiger partial charge in [-0.25, -0.2) is 5.43 Å². The molecule has 0 fully saturated rings. The van der Waals surface area contributed by atoms with Crippen LogP contribution in [0.3, 0.4) is 0 Å². The number of benzene rings is 3. The largest absolute Gasteiger partial charge is 0.507 e. The molecule has 0 spiro atoms. The van der Waals surface area contributed by atoms with Crippen molar-refractivity contribution in [2.24, 2.45) is 28.8 Å². The normalized spacial score (nSPS) is 29.0. The molecule has 0 radical (unpaired) electrons. The number of nitrogens with one attached hydrogen (secondary N) is 2. The first-order valence-electron chi connectivity index (χ1n) is 19.9. The molecule has 3 heterocycles. The Morgan fingerprint density at radius 2 is 1.60 bits per heavy atom. The molecule has 0 aromatic heterocycles. The zero-order valence-corrected chi connectivity index (χ0v) is 35.9. The number of Topliss-reactive ketones (excluding diaryl/α,β-unsaturated/α-hetero) is 1. The molecule has 9 atom stereocenters. The van der Waals surface area contributed by atoms with Gasteiger partial charge in [-0.2, -0.15) is 5.10 Å². The molecule has 9 unspecified atom stereocenters. The molecule has 3 aliphatic rings. The predicted molar refractivity (Wildman–Crippen MR) is 230 cm³/mol. The Morgan fingerprint density at radius 1 is 0.935 bits per heavy atom. The number of nitrogens with two attached hydrogens (primary N) is 1. The van der Waals surface area contributed by atoms with Gasteiger partial charge in [0.1, 0.15) is 23.4 Å². The van der Waals surface area contributed by atoms with Crippen LogP contribution in [0.2, 0.25) is 0 Å². The van der Waals surface area contributed by atoms with Crippen LogP contribution in [0.5, 0.6) is 23.0 Å². The number of methoxy groups -OCH3 is 1. The first-order chi connectivity index (χ1) is 29.1. The van der Waals surface area contributed by atoms with Crippen molar-refractivity contribution in [3.63, 3.8) is 0 Å². The number of carbonyl (C=O) groups is 4. The van der Waals surface area contributed by atoms with Crippen LogP contribution < -0.4 is 21.2 Å². The number of aliphatic hydroxyl groups excluding tert-OH is 2. The van der Waals surface area contributed by atoms with E-state index in [2.05, 4.69) is 15.8 Å². The Morgan fingerprint density at radius 3 is 2.23 bits per heavy atom. The summed E-state index contributed by atoms with van der Waals surface area (Å²) in [4.78, 5) is 53.4. The van der Waals surface area contributed by atoms with E-state index in [9.17, 15) is 44.7 Å².